The number of hydrogen-bond donors (Lipinski definition) is 1. The van der Waals surface area contributed by atoms with Gasteiger partial charge in [-0.25, -0.2) is 4.98 Å². The Kier molecular flexibility index (Phi) is 2.10. The zero-order valence-electron chi connectivity index (χ0n) is 10.8. The SMILES string of the molecule is Cc1cn2cc(CNCC34CC(C3)C4)ccc2n1.[HH]. The summed E-state index contributed by atoms with van der Waals surface area (Å²) in [5.74, 6) is 1.08. The zero-order valence-corrected chi connectivity index (χ0v) is 10.8. The van der Waals surface area contributed by atoms with Crippen LogP contribution in [-0.4, -0.2) is 15.9 Å². The first-order chi connectivity index (χ1) is 8.72. The molecule has 3 nitrogen and oxygen atoms in total. The summed E-state index contributed by atoms with van der Waals surface area (Å²) in [4.78, 5) is 4.45. The Morgan fingerprint density at radius 1 is 1.39 bits per heavy atom. The van der Waals surface area contributed by atoms with E-state index in [1.807, 2.05) is 6.92 Å². The van der Waals surface area contributed by atoms with Crippen LogP contribution in [0.15, 0.2) is 24.5 Å². The third kappa shape index (κ3) is 1.57. The van der Waals surface area contributed by atoms with Gasteiger partial charge < -0.3 is 9.72 Å². The molecule has 0 saturated heterocycles. The lowest BCUT2D eigenvalue weighted by molar-refractivity contribution is -0.103. The highest BCUT2D eigenvalue weighted by molar-refractivity contribution is 5.41. The number of aromatic nitrogens is 2. The van der Waals surface area contributed by atoms with Crippen LogP contribution in [0.1, 0.15) is 31.9 Å². The summed E-state index contributed by atoms with van der Waals surface area (Å²) in [5.41, 5.74) is 4.15. The second-order valence-electron chi connectivity index (χ2n) is 6.27. The first-order valence-electron chi connectivity index (χ1n) is 6.87. The molecule has 2 aromatic rings. The van der Waals surface area contributed by atoms with Gasteiger partial charge in [0.15, 0.2) is 0 Å². The van der Waals surface area contributed by atoms with Crippen LogP contribution < -0.4 is 5.32 Å². The van der Waals surface area contributed by atoms with Crippen LogP contribution in [0.4, 0.5) is 0 Å². The van der Waals surface area contributed by atoms with E-state index in [0.29, 0.717) is 5.41 Å². The lowest BCUT2D eigenvalue weighted by Crippen LogP contribution is -2.56. The molecule has 0 spiro atoms. The van der Waals surface area contributed by atoms with Gasteiger partial charge in [0.1, 0.15) is 5.65 Å². The van der Waals surface area contributed by atoms with Crippen LogP contribution in [-0.2, 0) is 6.54 Å². The molecule has 5 rings (SSSR count). The number of pyridine rings is 1. The Bertz CT molecular complexity index is 587. The Morgan fingerprint density at radius 2 is 2.22 bits per heavy atom. The lowest BCUT2D eigenvalue weighted by atomic mass is 9.44. The fourth-order valence-electron chi connectivity index (χ4n) is 3.62. The third-order valence-electron chi connectivity index (χ3n) is 4.63. The fraction of sp³-hybridized carbons (Fsp3) is 0.533. The van der Waals surface area contributed by atoms with E-state index in [1.54, 1.807) is 0 Å². The maximum atomic E-state index is 4.45. The average molecular weight is 243 g/mol. The van der Waals surface area contributed by atoms with Gasteiger partial charge in [-0.05, 0) is 49.1 Å². The van der Waals surface area contributed by atoms with Gasteiger partial charge in [0.05, 0.1) is 5.69 Å². The standard InChI is InChI=1S/C15H19N3.H2/c1-11-8-18-9-12(2-3-14(18)17-11)7-16-10-15-4-13(5-15)6-15;/h2-3,8-9,13,16H,4-7,10H2,1H3;1H. The maximum Gasteiger partial charge on any atom is 0.136 e. The van der Waals surface area contributed by atoms with Crippen LogP contribution >= 0.6 is 0 Å². The van der Waals surface area contributed by atoms with Crippen LogP contribution in [0.5, 0.6) is 0 Å². The molecule has 0 radical (unpaired) electrons. The topological polar surface area (TPSA) is 29.3 Å². The van der Waals surface area contributed by atoms with Crippen molar-refractivity contribution in [2.45, 2.75) is 32.7 Å². The Hall–Kier alpha value is -1.35. The van der Waals surface area contributed by atoms with Crippen molar-refractivity contribution in [3.05, 3.63) is 35.8 Å². The molecule has 0 atom stereocenters. The molecule has 1 N–H and O–H groups in total. The van der Waals surface area contributed by atoms with Crippen LogP contribution in [0, 0.1) is 18.3 Å². The zero-order chi connectivity index (χ0) is 12.2. The molecule has 2 aromatic heterocycles. The number of nitrogens with one attached hydrogen (secondary N) is 1. The predicted octanol–water partition coefficient (Wildman–Crippen LogP) is 2.78. The second-order valence-corrected chi connectivity index (χ2v) is 6.27. The van der Waals surface area contributed by atoms with Crippen molar-refractivity contribution < 1.29 is 1.43 Å². The number of rotatable bonds is 4. The summed E-state index contributed by atoms with van der Waals surface area (Å²) in [6, 6.07) is 4.28. The molecule has 3 aliphatic rings. The lowest BCUT2D eigenvalue weighted by Gasteiger charge is -2.62. The molecule has 3 aliphatic carbocycles. The van der Waals surface area contributed by atoms with E-state index in [1.165, 1.54) is 31.4 Å². The van der Waals surface area contributed by atoms with Gasteiger partial charge in [-0.1, -0.05) is 6.07 Å². The molecule has 0 aromatic carbocycles. The molecule has 96 valence electrons. The summed E-state index contributed by atoms with van der Waals surface area (Å²) in [6.45, 7) is 4.21. The van der Waals surface area contributed by atoms with Crippen molar-refractivity contribution in [1.29, 1.82) is 0 Å². The number of aryl methyl sites for hydroxylation is 1. The Balaban J connectivity index is 0.00000110. The number of nitrogens with zero attached hydrogens (tertiary/aromatic N) is 2. The third-order valence-corrected chi connectivity index (χ3v) is 4.63. The Morgan fingerprint density at radius 3 is 2.94 bits per heavy atom. The summed E-state index contributed by atoms with van der Waals surface area (Å²) in [7, 11) is 0. The molecule has 3 saturated carbocycles. The van der Waals surface area contributed by atoms with E-state index in [2.05, 4.69) is 39.2 Å². The van der Waals surface area contributed by atoms with E-state index in [-0.39, 0.29) is 1.43 Å². The van der Waals surface area contributed by atoms with Gasteiger partial charge in [-0.15, -0.1) is 0 Å². The highest BCUT2D eigenvalue weighted by Gasteiger charge is 2.55. The first-order valence-corrected chi connectivity index (χ1v) is 6.87. The predicted molar refractivity (Wildman–Crippen MR) is 73.5 cm³/mol. The van der Waals surface area contributed by atoms with Gasteiger partial charge in [0.25, 0.3) is 0 Å². The quantitative estimate of drug-likeness (QED) is 0.894. The molecule has 3 heteroatoms. The monoisotopic (exact) mass is 243 g/mol. The molecule has 3 fully saturated rings. The van der Waals surface area contributed by atoms with Gasteiger partial charge in [0.2, 0.25) is 0 Å². The Labute approximate surface area is 109 Å². The highest BCUT2D eigenvalue weighted by Crippen LogP contribution is 2.63. The molecule has 2 bridgehead atoms. The van der Waals surface area contributed by atoms with E-state index in [4.69, 9.17) is 0 Å². The van der Waals surface area contributed by atoms with Gasteiger partial charge in [-0.3, -0.25) is 0 Å². The van der Waals surface area contributed by atoms with E-state index >= 15 is 0 Å². The maximum absolute atomic E-state index is 4.45. The van der Waals surface area contributed by atoms with Crippen LogP contribution in [0.2, 0.25) is 0 Å². The second kappa shape index (κ2) is 3.58. The largest absolute Gasteiger partial charge is 0.312 e. The van der Waals surface area contributed by atoms with Crippen LogP contribution in [0.25, 0.3) is 5.65 Å². The molecule has 18 heavy (non-hydrogen) atoms. The summed E-state index contributed by atoms with van der Waals surface area (Å²) in [5, 5.41) is 3.62. The number of imidazole rings is 1. The normalized spacial score (nSPS) is 29.1. The van der Waals surface area contributed by atoms with E-state index in [9.17, 15) is 0 Å². The number of fused-ring (bicyclic) bond motifs is 1. The van der Waals surface area contributed by atoms with Crippen molar-refractivity contribution >= 4 is 5.65 Å². The highest BCUT2D eigenvalue weighted by atomic mass is 15.0. The summed E-state index contributed by atoms with van der Waals surface area (Å²) >= 11 is 0. The van der Waals surface area contributed by atoms with Gasteiger partial charge in [0, 0.05) is 26.9 Å². The molecule has 0 amide bonds. The van der Waals surface area contributed by atoms with Crippen molar-refractivity contribution in [1.82, 2.24) is 14.7 Å². The molecular weight excluding hydrogens is 222 g/mol. The summed E-state index contributed by atoms with van der Waals surface area (Å²) in [6.07, 6.45) is 8.68. The average Bonchev–Trinajstić information content (AvgIpc) is 2.59. The van der Waals surface area contributed by atoms with Gasteiger partial charge >= 0.3 is 0 Å². The van der Waals surface area contributed by atoms with Crippen molar-refractivity contribution in [3.8, 4) is 0 Å². The molecular formula is C15H21N3. The van der Waals surface area contributed by atoms with Gasteiger partial charge in [-0.2, -0.15) is 0 Å². The molecule has 0 aliphatic heterocycles. The van der Waals surface area contributed by atoms with Crippen molar-refractivity contribution in [3.63, 3.8) is 0 Å². The van der Waals surface area contributed by atoms with E-state index < -0.39 is 0 Å². The van der Waals surface area contributed by atoms with Crippen LogP contribution in [0.3, 0.4) is 0 Å². The molecule has 2 heterocycles. The van der Waals surface area contributed by atoms with Crippen molar-refractivity contribution in [2.75, 3.05) is 6.54 Å². The van der Waals surface area contributed by atoms with Crippen molar-refractivity contribution in [2.24, 2.45) is 11.3 Å². The molecule has 0 unspecified atom stereocenters. The minimum Gasteiger partial charge on any atom is -0.312 e. The summed E-state index contributed by atoms with van der Waals surface area (Å²) < 4.78 is 2.12. The first kappa shape index (κ1) is 10.6. The fourth-order valence-corrected chi connectivity index (χ4v) is 3.62. The minimum absolute atomic E-state index is 0. The number of hydrogen-bond acceptors (Lipinski definition) is 2. The van der Waals surface area contributed by atoms with E-state index in [0.717, 1.165) is 23.8 Å². The smallest absolute Gasteiger partial charge is 0.136 e. The minimum atomic E-state index is 0.